The molecule has 1 N–H and O–H groups in total. The lowest BCUT2D eigenvalue weighted by Gasteiger charge is -2.07. The van der Waals surface area contributed by atoms with Gasteiger partial charge >= 0.3 is 6.61 Å². The molecule has 0 fully saturated rings. The van der Waals surface area contributed by atoms with Crippen LogP contribution in [0.15, 0.2) is 48.5 Å². The number of amides is 1. The molecule has 1 aliphatic carbocycles. The van der Waals surface area contributed by atoms with Gasteiger partial charge in [0.2, 0.25) is 0 Å². The van der Waals surface area contributed by atoms with Crippen molar-refractivity contribution in [1.82, 2.24) is 15.1 Å². The molecule has 1 aliphatic rings. The standard InChI is InChI=1S/C23H23F2N3O2/c1-15-5-9-17(10-6-15)28-20-4-2-3-19(20)21(27-28)22(29)26-14-13-16-7-11-18(12-8-16)30-23(24)25/h5-12,23H,2-4,13-14H2,1H3,(H,26,29). The third-order valence-electron chi connectivity index (χ3n) is 5.27. The molecule has 0 radical (unpaired) electrons. The Hall–Kier alpha value is -3.22. The minimum Gasteiger partial charge on any atom is -0.435 e. The smallest absolute Gasteiger partial charge is 0.387 e. The molecule has 0 saturated heterocycles. The first-order valence-electron chi connectivity index (χ1n) is 10.0. The van der Waals surface area contributed by atoms with Crippen LogP contribution in [0.2, 0.25) is 0 Å². The fraction of sp³-hybridized carbons (Fsp3) is 0.304. The zero-order chi connectivity index (χ0) is 21.1. The minimum atomic E-state index is -2.84. The Morgan fingerprint density at radius 1 is 1.13 bits per heavy atom. The van der Waals surface area contributed by atoms with E-state index in [4.69, 9.17) is 0 Å². The SMILES string of the molecule is Cc1ccc(-n2nc(C(=O)NCCc3ccc(OC(F)F)cc3)c3c2CCC3)cc1. The molecular weight excluding hydrogens is 388 g/mol. The second kappa shape index (κ2) is 8.65. The Morgan fingerprint density at radius 2 is 1.87 bits per heavy atom. The molecule has 4 rings (SSSR count). The Labute approximate surface area is 173 Å². The topological polar surface area (TPSA) is 56.2 Å². The summed E-state index contributed by atoms with van der Waals surface area (Å²) in [5.74, 6) is -0.0633. The predicted molar refractivity (Wildman–Crippen MR) is 109 cm³/mol. The number of nitrogens with one attached hydrogen (secondary N) is 1. The lowest BCUT2D eigenvalue weighted by atomic mass is 10.1. The Balaban J connectivity index is 1.41. The molecule has 1 aromatic heterocycles. The number of carbonyl (C=O) groups excluding carboxylic acids is 1. The van der Waals surface area contributed by atoms with Crippen LogP contribution >= 0.6 is 0 Å². The highest BCUT2D eigenvalue weighted by molar-refractivity contribution is 5.94. The summed E-state index contributed by atoms with van der Waals surface area (Å²) in [5.41, 5.74) is 5.69. The third-order valence-corrected chi connectivity index (χ3v) is 5.27. The maximum Gasteiger partial charge on any atom is 0.387 e. The number of rotatable bonds is 7. The average molecular weight is 411 g/mol. The van der Waals surface area contributed by atoms with Crippen molar-refractivity contribution in [3.8, 4) is 11.4 Å². The van der Waals surface area contributed by atoms with Crippen LogP contribution in [-0.2, 0) is 19.3 Å². The lowest BCUT2D eigenvalue weighted by molar-refractivity contribution is -0.0498. The van der Waals surface area contributed by atoms with Gasteiger partial charge in [-0.2, -0.15) is 13.9 Å². The Kier molecular flexibility index (Phi) is 5.79. The molecule has 0 unspecified atom stereocenters. The molecule has 1 amide bonds. The fourth-order valence-corrected chi connectivity index (χ4v) is 3.76. The highest BCUT2D eigenvalue weighted by Crippen LogP contribution is 2.28. The van der Waals surface area contributed by atoms with Gasteiger partial charge in [0.25, 0.3) is 5.91 Å². The van der Waals surface area contributed by atoms with Gasteiger partial charge in [-0.15, -0.1) is 0 Å². The summed E-state index contributed by atoms with van der Waals surface area (Å²) in [7, 11) is 0. The number of benzene rings is 2. The molecule has 5 nitrogen and oxygen atoms in total. The number of ether oxygens (including phenoxy) is 1. The summed E-state index contributed by atoms with van der Waals surface area (Å²) in [4.78, 5) is 12.8. The number of hydrogen-bond acceptors (Lipinski definition) is 3. The number of nitrogens with zero attached hydrogens (tertiary/aromatic N) is 2. The van der Waals surface area contributed by atoms with Gasteiger partial charge in [0, 0.05) is 17.8 Å². The van der Waals surface area contributed by atoms with Crippen molar-refractivity contribution in [3.05, 3.63) is 76.6 Å². The van der Waals surface area contributed by atoms with Crippen LogP contribution in [-0.4, -0.2) is 28.8 Å². The van der Waals surface area contributed by atoms with Crippen LogP contribution in [0.25, 0.3) is 5.69 Å². The maximum atomic E-state index is 12.8. The van der Waals surface area contributed by atoms with E-state index in [1.807, 2.05) is 35.9 Å². The molecule has 0 atom stereocenters. The number of aromatic nitrogens is 2. The van der Waals surface area contributed by atoms with Gasteiger partial charge in [-0.05, 0) is 62.4 Å². The molecular formula is C23H23F2N3O2. The summed E-state index contributed by atoms with van der Waals surface area (Å²) < 4.78 is 30.7. The number of aryl methyl sites for hydroxylation is 1. The quantitative estimate of drug-likeness (QED) is 0.633. The molecule has 7 heteroatoms. The van der Waals surface area contributed by atoms with Crippen LogP contribution in [0.5, 0.6) is 5.75 Å². The van der Waals surface area contributed by atoms with Crippen molar-refractivity contribution in [2.45, 2.75) is 39.2 Å². The van der Waals surface area contributed by atoms with E-state index in [1.165, 1.54) is 17.7 Å². The van der Waals surface area contributed by atoms with Gasteiger partial charge in [-0.25, -0.2) is 4.68 Å². The number of hydrogen-bond donors (Lipinski definition) is 1. The van der Waals surface area contributed by atoms with Gasteiger partial charge in [0.05, 0.1) is 5.69 Å². The van der Waals surface area contributed by atoms with E-state index in [1.54, 1.807) is 12.1 Å². The highest BCUT2D eigenvalue weighted by Gasteiger charge is 2.26. The van der Waals surface area contributed by atoms with Gasteiger partial charge in [0.15, 0.2) is 5.69 Å². The van der Waals surface area contributed by atoms with E-state index in [0.717, 1.165) is 41.8 Å². The third kappa shape index (κ3) is 4.35. The largest absolute Gasteiger partial charge is 0.435 e. The molecule has 3 aromatic rings. The molecule has 0 bridgehead atoms. The van der Waals surface area contributed by atoms with E-state index in [9.17, 15) is 13.6 Å². The van der Waals surface area contributed by atoms with E-state index in [0.29, 0.717) is 18.7 Å². The van der Waals surface area contributed by atoms with Crippen molar-refractivity contribution in [2.75, 3.05) is 6.54 Å². The average Bonchev–Trinajstić information content (AvgIpc) is 3.32. The van der Waals surface area contributed by atoms with E-state index in [2.05, 4.69) is 15.2 Å². The minimum absolute atomic E-state index is 0.120. The van der Waals surface area contributed by atoms with Crippen molar-refractivity contribution in [1.29, 1.82) is 0 Å². The summed E-state index contributed by atoms with van der Waals surface area (Å²) >= 11 is 0. The first-order valence-corrected chi connectivity index (χ1v) is 10.0. The van der Waals surface area contributed by atoms with E-state index < -0.39 is 6.61 Å². The first-order chi connectivity index (χ1) is 14.5. The number of halogens is 2. The van der Waals surface area contributed by atoms with E-state index >= 15 is 0 Å². The molecule has 30 heavy (non-hydrogen) atoms. The molecule has 1 heterocycles. The van der Waals surface area contributed by atoms with Crippen molar-refractivity contribution >= 4 is 5.91 Å². The van der Waals surface area contributed by atoms with Gasteiger partial charge in [-0.1, -0.05) is 29.8 Å². The summed E-state index contributed by atoms with van der Waals surface area (Å²) in [6.45, 7) is -0.369. The van der Waals surface area contributed by atoms with Gasteiger partial charge in [0.1, 0.15) is 5.75 Å². The zero-order valence-electron chi connectivity index (χ0n) is 16.7. The van der Waals surface area contributed by atoms with Crippen molar-refractivity contribution < 1.29 is 18.3 Å². The Morgan fingerprint density at radius 3 is 2.57 bits per heavy atom. The predicted octanol–water partition coefficient (Wildman–Crippen LogP) is 4.24. The molecule has 2 aromatic carbocycles. The zero-order valence-corrected chi connectivity index (χ0v) is 16.7. The number of carbonyl (C=O) groups is 1. The van der Waals surface area contributed by atoms with Gasteiger partial charge < -0.3 is 10.1 Å². The van der Waals surface area contributed by atoms with Gasteiger partial charge in [-0.3, -0.25) is 4.79 Å². The van der Waals surface area contributed by atoms with Crippen LogP contribution in [0.3, 0.4) is 0 Å². The molecule has 156 valence electrons. The molecule has 0 saturated carbocycles. The van der Waals surface area contributed by atoms with Crippen LogP contribution < -0.4 is 10.1 Å². The maximum absolute atomic E-state index is 12.8. The second-order valence-corrected chi connectivity index (χ2v) is 7.40. The summed E-state index contributed by atoms with van der Waals surface area (Å²) in [6, 6.07) is 14.5. The Bertz CT molecular complexity index is 1030. The van der Waals surface area contributed by atoms with Crippen molar-refractivity contribution in [2.24, 2.45) is 0 Å². The molecule has 0 spiro atoms. The monoisotopic (exact) mass is 411 g/mol. The second-order valence-electron chi connectivity index (χ2n) is 7.40. The normalized spacial score (nSPS) is 12.8. The summed E-state index contributed by atoms with van der Waals surface area (Å²) in [5, 5.41) is 7.55. The summed E-state index contributed by atoms with van der Waals surface area (Å²) in [6.07, 6.45) is 3.37. The lowest BCUT2D eigenvalue weighted by Crippen LogP contribution is -2.27. The molecule has 0 aliphatic heterocycles. The first kappa shape index (κ1) is 20.1. The number of fused-ring (bicyclic) bond motifs is 1. The van der Waals surface area contributed by atoms with E-state index in [-0.39, 0.29) is 11.7 Å². The fourth-order valence-electron chi connectivity index (χ4n) is 3.76. The number of alkyl halides is 2. The van der Waals surface area contributed by atoms with Crippen LogP contribution in [0.4, 0.5) is 8.78 Å². The van der Waals surface area contributed by atoms with Crippen LogP contribution in [0, 0.1) is 6.92 Å². The van der Waals surface area contributed by atoms with Crippen molar-refractivity contribution in [3.63, 3.8) is 0 Å². The van der Waals surface area contributed by atoms with Crippen LogP contribution in [0.1, 0.15) is 39.3 Å². The highest BCUT2D eigenvalue weighted by atomic mass is 19.3.